The highest BCUT2D eigenvalue weighted by Gasteiger charge is 2.15. The zero-order valence-corrected chi connectivity index (χ0v) is 17.7. The highest BCUT2D eigenvalue weighted by molar-refractivity contribution is 5.99. The van der Waals surface area contributed by atoms with Gasteiger partial charge in [0.05, 0.1) is 27.5 Å². The molecule has 0 fully saturated rings. The Labute approximate surface area is 191 Å². The van der Waals surface area contributed by atoms with Gasteiger partial charge >= 0.3 is 0 Å². The van der Waals surface area contributed by atoms with Gasteiger partial charge < -0.3 is 30.2 Å². The lowest BCUT2D eigenvalue weighted by Gasteiger charge is -2.15. The molecule has 0 atom stereocenters. The monoisotopic (exact) mass is 455 g/mol. The molecular weight excluding hydrogens is 429 g/mol. The Balaban J connectivity index is 0.00000385. The van der Waals surface area contributed by atoms with E-state index in [1.54, 1.807) is 36.4 Å². The number of nitrogens with zero attached hydrogens (tertiary/aromatic N) is 2. The number of hydrogen-bond donors (Lipinski definition) is 3. The maximum absolute atomic E-state index is 14.3. The minimum Gasteiger partial charge on any atom is -0.493 e. The van der Waals surface area contributed by atoms with Crippen LogP contribution in [-0.2, 0) is 4.79 Å². The van der Waals surface area contributed by atoms with Crippen molar-refractivity contribution in [2.45, 2.75) is 7.43 Å². The molecule has 0 bridgehead atoms. The second-order valence-corrected chi connectivity index (χ2v) is 6.33. The number of nitrogens with one attached hydrogen (secondary N) is 3. The van der Waals surface area contributed by atoms with E-state index in [0.717, 1.165) is 12.3 Å². The van der Waals surface area contributed by atoms with E-state index >= 15 is 0 Å². The molecular formula is C23H26FN5O4. The standard InChI is InChI=1S/C22H22FN5O4.CH4/c1-5-19(29)25-13-7-6-8-14(9-13)26-21-16(23)12-24-22(28-21)27-15-10-17(30-2)20(32-4)18(11-15)31-3;/h5-12H,1H2,2-4H3,(H,25,29)(H2,24,26,27,28);1H4. The van der Waals surface area contributed by atoms with E-state index in [2.05, 4.69) is 32.5 Å². The molecule has 0 saturated carbocycles. The van der Waals surface area contributed by atoms with Gasteiger partial charge in [0, 0.05) is 29.2 Å². The molecule has 1 aromatic heterocycles. The maximum Gasteiger partial charge on any atom is 0.247 e. The van der Waals surface area contributed by atoms with Crippen LogP contribution in [0.5, 0.6) is 17.2 Å². The number of hydrogen-bond acceptors (Lipinski definition) is 8. The summed E-state index contributed by atoms with van der Waals surface area (Å²) in [5, 5.41) is 8.51. The minimum atomic E-state index is -0.652. The molecule has 1 heterocycles. The molecule has 3 rings (SSSR count). The van der Waals surface area contributed by atoms with E-state index in [1.807, 2.05) is 0 Å². The molecule has 1 amide bonds. The molecule has 0 spiro atoms. The van der Waals surface area contributed by atoms with Crippen LogP contribution in [0.15, 0.2) is 55.3 Å². The smallest absolute Gasteiger partial charge is 0.247 e. The number of aromatic nitrogens is 2. The van der Waals surface area contributed by atoms with Crippen LogP contribution in [0.3, 0.4) is 0 Å². The molecule has 0 unspecified atom stereocenters. The van der Waals surface area contributed by atoms with Crippen LogP contribution in [0, 0.1) is 5.82 Å². The molecule has 0 radical (unpaired) electrons. The highest BCUT2D eigenvalue weighted by atomic mass is 19.1. The van der Waals surface area contributed by atoms with E-state index in [-0.39, 0.29) is 25.1 Å². The third kappa shape index (κ3) is 6.10. The van der Waals surface area contributed by atoms with Crippen LogP contribution < -0.4 is 30.2 Å². The van der Waals surface area contributed by atoms with Crippen LogP contribution in [0.25, 0.3) is 0 Å². The van der Waals surface area contributed by atoms with Crippen molar-refractivity contribution in [3.63, 3.8) is 0 Å². The molecule has 0 aliphatic heterocycles. The summed E-state index contributed by atoms with van der Waals surface area (Å²) < 4.78 is 30.3. The van der Waals surface area contributed by atoms with Gasteiger partial charge in [-0.2, -0.15) is 4.98 Å². The van der Waals surface area contributed by atoms with Crippen molar-refractivity contribution in [2.24, 2.45) is 0 Å². The molecule has 3 aromatic rings. The Morgan fingerprint density at radius 2 is 1.67 bits per heavy atom. The fraction of sp³-hybridized carbons (Fsp3) is 0.174. The third-order valence-electron chi connectivity index (χ3n) is 4.24. The summed E-state index contributed by atoms with van der Waals surface area (Å²) in [5.74, 6) is 0.391. The zero-order chi connectivity index (χ0) is 23.1. The van der Waals surface area contributed by atoms with E-state index in [4.69, 9.17) is 14.2 Å². The molecule has 174 valence electrons. The number of anilines is 5. The second kappa shape index (κ2) is 11.3. The van der Waals surface area contributed by atoms with Crippen molar-refractivity contribution in [2.75, 3.05) is 37.3 Å². The summed E-state index contributed by atoms with van der Waals surface area (Å²) in [6.45, 7) is 3.41. The van der Waals surface area contributed by atoms with Crippen LogP contribution in [0.2, 0.25) is 0 Å². The predicted molar refractivity (Wildman–Crippen MR) is 127 cm³/mol. The average molecular weight is 455 g/mol. The minimum absolute atomic E-state index is 0. The van der Waals surface area contributed by atoms with Gasteiger partial charge in [-0.1, -0.05) is 20.1 Å². The first kappa shape index (κ1) is 24.9. The Bertz CT molecular complexity index is 1110. The molecule has 2 aromatic carbocycles. The van der Waals surface area contributed by atoms with Crippen LogP contribution in [0.1, 0.15) is 7.43 Å². The Morgan fingerprint density at radius 3 is 2.27 bits per heavy atom. The van der Waals surface area contributed by atoms with Gasteiger partial charge in [-0.25, -0.2) is 9.37 Å². The van der Waals surface area contributed by atoms with Crippen molar-refractivity contribution in [3.8, 4) is 17.2 Å². The Hall–Kier alpha value is -4.34. The maximum atomic E-state index is 14.3. The lowest BCUT2D eigenvalue weighted by molar-refractivity contribution is -0.111. The van der Waals surface area contributed by atoms with Gasteiger partial charge in [-0.3, -0.25) is 4.79 Å². The topological polar surface area (TPSA) is 107 Å². The van der Waals surface area contributed by atoms with Gasteiger partial charge in [-0.05, 0) is 24.3 Å². The number of benzene rings is 2. The predicted octanol–water partition coefficient (Wildman–Crippen LogP) is 4.89. The lowest BCUT2D eigenvalue weighted by atomic mass is 10.2. The summed E-state index contributed by atoms with van der Waals surface area (Å²) >= 11 is 0. The van der Waals surface area contributed by atoms with Gasteiger partial charge in [-0.15, -0.1) is 0 Å². The van der Waals surface area contributed by atoms with Gasteiger partial charge in [0.1, 0.15) is 0 Å². The van der Waals surface area contributed by atoms with E-state index in [9.17, 15) is 9.18 Å². The number of rotatable bonds is 9. The normalized spacial score (nSPS) is 9.82. The van der Waals surface area contributed by atoms with Crippen molar-refractivity contribution >= 4 is 34.7 Å². The largest absolute Gasteiger partial charge is 0.493 e. The van der Waals surface area contributed by atoms with Crippen molar-refractivity contribution in [3.05, 3.63) is 61.1 Å². The summed E-state index contributed by atoms with van der Waals surface area (Å²) in [4.78, 5) is 19.7. The molecule has 0 saturated heterocycles. The SMILES string of the molecule is C.C=CC(=O)Nc1cccc(Nc2nc(Nc3cc(OC)c(OC)c(OC)c3)ncc2F)c1. The second-order valence-electron chi connectivity index (χ2n) is 6.33. The number of amides is 1. The van der Waals surface area contributed by atoms with Gasteiger partial charge in [0.15, 0.2) is 23.1 Å². The first-order valence-electron chi connectivity index (χ1n) is 9.37. The average Bonchev–Trinajstić information content (AvgIpc) is 2.80. The van der Waals surface area contributed by atoms with Crippen LogP contribution >= 0.6 is 0 Å². The first-order chi connectivity index (χ1) is 15.5. The van der Waals surface area contributed by atoms with E-state index in [0.29, 0.717) is 34.3 Å². The Morgan fingerprint density at radius 1 is 1.00 bits per heavy atom. The third-order valence-corrected chi connectivity index (χ3v) is 4.24. The summed E-state index contributed by atoms with van der Waals surface area (Å²) in [6, 6.07) is 10.1. The molecule has 33 heavy (non-hydrogen) atoms. The highest BCUT2D eigenvalue weighted by Crippen LogP contribution is 2.40. The number of methoxy groups -OCH3 is 3. The zero-order valence-electron chi connectivity index (χ0n) is 17.7. The van der Waals surface area contributed by atoms with E-state index in [1.165, 1.54) is 21.3 Å². The quantitative estimate of drug-likeness (QED) is 0.392. The van der Waals surface area contributed by atoms with E-state index < -0.39 is 5.82 Å². The number of halogens is 1. The van der Waals surface area contributed by atoms with Gasteiger partial charge in [0.25, 0.3) is 0 Å². The summed E-state index contributed by atoms with van der Waals surface area (Å²) in [6.07, 6.45) is 2.20. The fourth-order valence-electron chi connectivity index (χ4n) is 2.80. The number of carbonyl (C=O) groups excluding carboxylic acids is 1. The van der Waals surface area contributed by atoms with Crippen molar-refractivity contribution in [1.82, 2.24) is 9.97 Å². The lowest BCUT2D eigenvalue weighted by Crippen LogP contribution is -2.07. The summed E-state index contributed by atoms with van der Waals surface area (Å²) in [7, 11) is 4.51. The molecule has 0 aliphatic carbocycles. The first-order valence-corrected chi connectivity index (χ1v) is 9.37. The number of ether oxygens (including phenoxy) is 3. The van der Waals surface area contributed by atoms with Crippen molar-refractivity contribution < 1.29 is 23.4 Å². The van der Waals surface area contributed by atoms with Crippen molar-refractivity contribution in [1.29, 1.82) is 0 Å². The van der Waals surface area contributed by atoms with Gasteiger partial charge in [0.2, 0.25) is 17.6 Å². The molecule has 0 aliphatic rings. The molecule has 3 N–H and O–H groups in total. The molecule has 10 heteroatoms. The number of carbonyl (C=O) groups is 1. The Kier molecular flexibility index (Phi) is 8.56. The molecule has 9 nitrogen and oxygen atoms in total. The van der Waals surface area contributed by atoms with Crippen LogP contribution in [0.4, 0.5) is 33.2 Å². The fourth-order valence-corrected chi connectivity index (χ4v) is 2.80. The van der Waals surface area contributed by atoms with Crippen LogP contribution in [-0.4, -0.2) is 37.2 Å². The summed E-state index contributed by atoms with van der Waals surface area (Å²) in [5.41, 5.74) is 1.58.